The Morgan fingerprint density at radius 1 is 1.12 bits per heavy atom. The zero-order valence-corrected chi connectivity index (χ0v) is 21.0. The molecule has 0 saturated carbocycles. The molecule has 34 heavy (non-hydrogen) atoms. The highest BCUT2D eigenvalue weighted by Crippen LogP contribution is 2.18. The van der Waals surface area contributed by atoms with Crippen LogP contribution in [-0.4, -0.2) is 60.3 Å². The number of rotatable bonds is 7. The molecule has 1 heterocycles. The monoisotopic (exact) mass is 481 g/mol. The van der Waals surface area contributed by atoms with E-state index in [1.807, 2.05) is 6.92 Å². The summed E-state index contributed by atoms with van der Waals surface area (Å²) in [6, 6.07) is -1.62. The largest absolute Gasteiger partial charge is 0.370 e. The molecular formula is C23H43N7O4. The molecule has 1 aliphatic rings. The number of amides is 4. The summed E-state index contributed by atoms with van der Waals surface area (Å²) in [4.78, 5) is 51.5. The summed E-state index contributed by atoms with van der Waals surface area (Å²) >= 11 is 0. The molecule has 194 valence electrons. The van der Waals surface area contributed by atoms with Crippen molar-refractivity contribution in [3.63, 3.8) is 0 Å². The second kappa shape index (κ2) is 14.4. The van der Waals surface area contributed by atoms with Crippen molar-refractivity contribution in [2.45, 2.75) is 96.7 Å². The topological polar surface area (TPSA) is 178 Å². The Morgan fingerprint density at radius 2 is 1.79 bits per heavy atom. The number of nitrogens with two attached hydrogens (primary N) is 1. The van der Waals surface area contributed by atoms with Crippen LogP contribution in [-0.2, 0) is 19.2 Å². The lowest BCUT2D eigenvalue weighted by Gasteiger charge is -2.32. The Kier molecular flexibility index (Phi) is 12.4. The first-order chi connectivity index (χ1) is 16.0. The average Bonchev–Trinajstić information content (AvgIpc) is 2.77. The summed E-state index contributed by atoms with van der Waals surface area (Å²) < 4.78 is 0. The molecule has 11 heteroatoms. The van der Waals surface area contributed by atoms with Gasteiger partial charge in [-0.2, -0.15) is 0 Å². The molecule has 0 spiro atoms. The van der Waals surface area contributed by atoms with Gasteiger partial charge in [0.05, 0.1) is 0 Å². The minimum Gasteiger partial charge on any atom is -0.370 e. The lowest BCUT2D eigenvalue weighted by molar-refractivity contribution is -0.137. The number of hydrogen-bond donors (Lipinski definition) is 7. The lowest BCUT2D eigenvalue weighted by Crippen LogP contribution is -2.61. The maximum absolute atomic E-state index is 13.4. The van der Waals surface area contributed by atoms with Gasteiger partial charge < -0.3 is 32.3 Å². The summed E-state index contributed by atoms with van der Waals surface area (Å²) in [6.07, 6.45) is 4.81. The molecular weight excluding hydrogens is 438 g/mol. The first-order valence-corrected chi connectivity index (χ1v) is 12.3. The van der Waals surface area contributed by atoms with Gasteiger partial charge in [-0.3, -0.25) is 24.6 Å². The third-order valence-electron chi connectivity index (χ3n) is 5.98. The molecule has 0 aliphatic carbocycles. The van der Waals surface area contributed by atoms with Crippen molar-refractivity contribution >= 4 is 29.6 Å². The smallest absolute Gasteiger partial charge is 0.246 e. The molecule has 3 atom stereocenters. The third kappa shape index (κ3) is 9.96. The van der Waals surface area contributed by atoms with E-state index in [0.29, 0.717) is 38.8 Å². The van der Waals surface area contributed by atoms with Crippen molar-refractivity contribution in [3.8, 4) is 0 Å². The zero-order chi connectivity index (χ0) is 25.7. The van der Waals surface area contributed by atoms with E-state index in [1.165, 1.54) is 0 Å². The Balaban J connectivity index is 3.14. The van der Waals surface area contributed by atoms with Crippen LogP contribution in [0.2, 0.25) is 0 Å². The summed E-state index contributed by atoms with van der Waals surface area (Å²) in [5.74, 6) is -1.85. The number of guanidine groups is 1. The molecule has 0 bridgehead atoms. The Morgan fingerprint density at radius 3 is 2.41 bits per heavy atom. The Bertz CT molecular complexity index is 728. The Labute approximate surface area is 202 Å². The first-order valence-electron chi connectivity index (χ1n) is 12.3. The maximum Gasteiger partial charge on any atom is 0.246 e. The minimum atomic E-state index is -1.17. The van der Waals surface area contributed by atoms with Crippen molar-refractivity contribution in [1.29, 1.82) is 5.41 Å². The molecule has 1 saturated heterocycles. The highest BCUT2D eigenvalue weighted by molar-refractivity contribution is 5.96. The molecule has 0 unspecified atom stereocenters. The van der Waals surface area contributed by atoms with Gasteiger partial charge in [-0.25, -0.2) is 0 Å². The van der Waals surface area contributed by atoms with Gasteiger partial charge in [0.15, 0.2) is 5.96 Å². The second-order valence-corrected chi connectivity index (χ2v) is 9.41. The van der Waals surface area contributed by atoms with Crippen LogP contribution in [0.4, 0.5) is 0 Å². The maximum atomic E-state index is 13.4. The highest BCUT2D eigenvalue weighted by atomic mass is 16.2. The van der Waals surface area contributed by atoms with E-state index in [-0.39, 0.29) is 30.1 Å². The van der Waals surface area contributed by atoms with Crippen LogP contribution in [0.3, 0.4) is 0 Å². The van der Waals surface area contributed by atoms with E-state index < -0.39 is 29.4 Å². The quantitative estimate of drug-likeness (QED) is 0.155. The van der Waals surface area contributed by atoms with E-state index in [0.717, 1.165) is 19.3 Å². The molecule has 0 aromatic rings. The van der Waals surface area contributed by atoms with Gasteiger partial charge in [-0.15, -0.1) is 0 Å². The van der Waals surface area contributed by atoms with Crippen LogP contribution < -0.4 is 32.3 Å². The van der Waals surface area contributed by atoms with Crippen molar-refractivity contribution in [2.24, 2.45) is 11.7 Å². The predicted molar refractivity (Wildman–Crippen MR) is 131 cm³/mol. The summed E-state index contributed by atoms with van der Waals surface area (Å²) in [5.41, 5.74) is 4.14. The summed E-state index contributed by atoms with van der Waals surface area (Å²) in [5, 5.41) is 21.3. The highest BCUT2D eigenvalue weighted by Gasteiger charge is 2.37. The summed E-state index contributed by atoms with van der Waals surface area (Å²) in [6.45, 7) is 7.89. The zero-order valence-electron chi connectivity index (χ0n) is 21.0. The van der Waals surface area contributed by atoms with Crippen molar-refractivity contribution in [3.05, 3.63) is 0 Å². The molecule has 0 radical (unpaired) electrons. The van der Waals surface area contributed by atoms with Crippen LogP contribution in [0.1, 0.15) is 79.1 Å². The predicted octanol–water partition coefficient (Wildman–Crippen LogP) is 0.240. The van der Waals surface area contributed by atoms with Crippen molar-refractivity contribution < 1.29 is 19.2 Å². The lowest BCUT2D eigenvalue weighted by atomic mass is 9.91. The van der Waals surface area contributed by atoms with Gasteiger partial charge in [0.2, 0.25) is 23.6 Å². The SMILES string of the molecule is CC[C@@H]1NC(=O)[C@H](CCCNC(=N)N)NC(=O)[C@@](C)(NC(=O)C(C)C)CCCCCCNC1=O. The van der Waals surface area contributed by atoms with Gasteiger partial charge in [0, 0.05) is 19.0 Å². The first kappa shape index (κ1) is 29.2. The molecule has 1 fully saturated rings. The number of carbonyl (C=O) groups excluding carboxylic acids is 4. The third-order valence-corrected chi connectivity index (χ3v) is 5.98. The Hall–Kier alpha value is -2.85. The fourth-order valence-electron chi connectivity index (χ4n) is 3.68. The van der Waals surface area contributed by atoms with Gasteiger partial charge in [-0.1, -0.05) is 40.0 Å². The number of carbonyl (C=O) groups is 4. The molecule has 1 rings (SSSR count). The van der Waals surface area contributed by atoms with E-state index in [2.05, 4.69) is 26.6 Å². The van der Waals surface area contributed by atoms with Crippen LogP contribution >= 0.6 is 0 Å². The average molecular weight is 482 g/mol. The second-order valence-electron chi connectivity index (χ2n) is 9.41. The van der Waals surface area contributed by atoms with Crippen LogP contribution in [0.25, 0.3) is 0 Å². The number of hydrogen-bond acceptors (Lipinski definition) is 5. The van der Waals surface area contributed by atoms with Gasteiger partial charge >= 0.3 is 0 Å². The normalized spacial score (nSPS) is 25.3. The van der Waals surface area contributed by atoms with Crippen LogP contribution in [0.15, 0.2) is 0 Å². The van der Waals surface area contributed by atoms with Gasteiger partial charge in [0.1, 0.15) is 17.6 Å². The van der Waals surface area contributed by atoms with E-state index in [4.69, 9.17) is 11.1 Å². The van der Waals surface area contributed by atoms with E-state index in [1.54, 1.807) is 20.8 Å². The fourth-order valence-corrected chi connectivity index (χ4v) is 3.68. The van der Waals surface area contributed by atoms with Crippen molar-refractivity contribution in [1.82, 2.24) is 26.6 Å². The molecule has 0 aromatic heterocycles. The molecule has 1 aliphatic heterocycles. The van der Waals surface area contributed by atoms with Gasteiger partial charge in [-0.05, 0) is 39.0 Å². The van der Waals surface area contributed by atoms with Crippen LogP contribution in [0.5, 0.6) is 0 Å². The summed E-state index contributed by atoms with van der Waals surface area (Å²) in [7, 11) is 0. The molecule has 11 nitrogen and oxygen atoms in total. The van der Waals surface area contributed by atoms with Crippen LogP contribution in [0, 0.1) is 11.3 Å². The molecule has 4 amide bonds. The standard InChI is InChI=1S/C23H43N7O4/c1-5-16-19(32)26-13-9-7-6-8-12-23(4,30-18(31)15(2)3)21(34)29-17(20(33)28-16)11-10-14-27-22(24)25/h15-17H,5-14H2,1-4H3,(H,26,32)(H,28,33)(H,29,34)(H,30,31)(H4,24,25,27)/t16-,17-,23-/m0/s1. The number of nitrogens with one attached hydrogen (secondary N) is 6. The van der Waals surface area contributed by atoms with Gasteiger partial charge in [0.25, 0.3) is 0 Å². The van der Waals surface area contributed by atoms with Crippen molar-refractivity contribution in [2.75, 3.05) is 13.1 Å². The molecule has 8 N–H and O–H groups in total. The molecule has 0 aromatic carbocycles. The minimum absolute atomic E-state index is 0.178. The fraction of sp³-hybridized carbons (Fsp3) is 0.783. The van der Waals surface area contributed by atoms with E-state index >= 15 is 0 Å². The van der Waals surface area contributed by atoms with E-state index in [9.17, 15) is 19.2 Å².